The molecule has 3 rings (SSSR count). The van der Waals surface area contributed by atoms with Gasteiger partial charge in [-0.15, -0.1) is 0 Å². The van der Waals surface area contributed by atoms with Crippen molar-refractivity contribution in [2.45, 2.75) is 0 Å². The lowest BCUT2D eigenvalue weighted by molar-refractivity contribution is 0.101. The Hall–Kier alpha value is -2.99. The first-order valence-electron chi connectivity index (χ1n) is 6.88. The zero-order valence-electron chi connectivity index (χ0n) is 12.0. The number of carbonyl (C=O) groups excluding carboxylic acids is 2. The van der Waals surface area contributed by atoms with Gasteiger partial charge in [0.05, 0.1) is 5.56 Å². The summed E-state index contributed by atoms with van der Waals surface area (Å²) in [5.74, 6) is -0.00548. The Kier molecular flexibility index (Phi) is 4.44. The minimum absolute atomic E-state index is 0.200. The highest BCUT2D eigenvalue weighted by Crippen LogP contribution is 2.15. The molecule has 6 heteroatoms. The van der Waals surface area contributed by atoms with E-state index in [0.717, 1.165) is 0 Å². The Morgan fingerprint density at radius 2 is 1.78 bits per heavy atom. The second-order valence-corrected chi connectivity index (χ2v) is 5.50. The van der Waals surface area contributed by atoms with Crippen molar-refractivity contribution in [3.05, 3.63) is 76.6 Å². The summed E-state index contributed by atoms with van der Waals surface area (Å²) in [6.45, 7) is 0. The third-order valence-corrected chi connectivity index (χ3v) is 3.76. The van der Waals surface area contributed by atoms with Crippen LogP contribution in [0.15, 0.2) is 65.5 Å². The van der Waals surface area contributed by atoms with Gasteiger partial charge in [0.2, 0.25) is 0 Å². The highest BCUT2D eigenvalue weighted by atomic mass is 32.1. The number of hydrogen-bond acceptors (Lipinski definition) is 4. The number of nitrogens with one attached hydrogen (secondary N) is 2. The van der Waals surface area contributed by atoms with E-state index in [9.17, 15) is 9.59 Å². The lowest BCUT2D eigenvalue weighted by atomic mass is 10.2. The SMILES string of the molecule is O=C(Nc1cccc(C(=O)Nc2ccccn2)c1)c1ccsc1. The summed E-state index contributed by atoms with van der Waals surface area (Å²) in [5, 5.41) is 9.09. The second kappa shape index (κ2) is 6.85. The van der Waals surface area contributed by atoms with Gasteiger partial charge in [-0.05, 0) is 41.8 Å². The van der Waals surface area contributed by atoms with Crippen LogP contribution in [0.5, 0.6) is 0 Å². The summed E-state index contributed by atoms with van der Waals surface area (Å²) < 4.78 is 0. The van der Waals surface area contributed by atoms with Gasteiger partial charge in [-0.1, -0.05) is 12.1 Å². The summed E-state index contributed by atoms with van der Waals surface area (Å²) in [6, 6.07) is 13.8. The van der Waals surface area contributed by atoms with E-state index in [1.54, 1.807) is 60.1 Å². The molecule has 23 heavy (non-hydrogen) atoms. The Morgan fingerprint density at radius 1 is 0.913 bits per heavy atom. The van der Waals surface area contributed by atoms with Gasteiger partial charge in [-0.3, -0.25) is 9.59 Å². The maximum atomic E-state index is 12.2. The van der Waals surface area contributed by atoms with Crippen molar-refractivity contribution in [2.75, 3.05) is 10.6 Å². The largest absolute Gasteiger partial charge is 0.322 e. The second-order valence-electron chi connectivity index (χ2n) is 4.72. The van der Waals surface area contributed by atoms with Gasteiger partial charge in [-0.2, -0.15) is 11.3 Å². The average molecular weight is 323 g/mol. The third kappa shape index (κ3) is 3.81. The standard InChI is InChI=1S/C17H13N3O2S/c21-16(20-15-6-1-2-8-18-15)12-4-3-5-14(10-12)19-17(22)13-7-9-23-11-13/h1-11H,(H,19,22)(H,18,20,21). The predicted molar refractivity (Wildman–Crippen MR) is 90.9 cm³/mol. The summed E-state index contributed by atoms with van der Waals surface area (Å²) >= 11 is 1.46. The molecule has 0 fully saturated rings. The fraction of sp³-hybridized carbons (Fsp3) is 0. The molecule has 0 aliphatic carbocycles. The van der Waals surface area contributed by atoms with E-state index in [1.165, 1.54) is 11.3 Å². The molecule has 2 N–H and O–H groups in total. The first kappa shape index (κ1) is 14.9. The maximum Gasteiger partial charge on any atom is 0.256 e. The third-order valence-electron chi connectivity index (χ3n) is 3.07. The molecule has 114 valence electrons. The van der Waals surface area contributed by atoms with Crippen LogP contribution >= 0.6 is 11.3 Å². The van der Waals surface area contributed by atoms with Crippen LogP contribution in [0, 0.1) is 0 Å². The van der Waals surface area contributed by atoms with E-state index in [4.69, 9.17) is 0 Å². The van der Waals surface area contributed by atoms with Crippen molar-refractivity contribution in [3.63, 3.8) is 0 Å². The number of thiophene rings is 1. The Bertz CT molecular complexity index is 817. The molecule has 2 aromatic heterocycles. The summed E-state index contributed by atoms with van der Waals surface area (Å²) in [5.41, 5.74) is 1.60. The molecule has 0 atom stereocenters. The zero-order chi connectivity index (χ0) is 16.1. The molecule has 0 spiro atoms. The van der Waals surface area contributed by atoms with Crippen LogP contribution in [-0.4, -0.2) is 16.8 Å². The van der Waals surface area contributed by atoms with Crippen LogP contribution in [0.1, 0.15) is 20.7 Å². The first-order valence-corrected chi connectivity index (χ1v) is 7.82. The molecule has 3 aromatic rings. The molecule has 0 saturated carbocycles. The Morgan fingerprint density at radius 3 is 2.52 bits per heavy atom. The van der Waals surface area contributed by atoms with Crippen LogP contribution in [0.25, 0.3) is 0 Å². The normalized spacial score (nSPS) is 10.1. The van der Waals surface area contributed by atoms with Crippen LogP contribution in [-0.2, 0) is 0 Å². The van der Waals surface area contributed by atoms with Crippen molar-refractivity contribution in [2.24, 2.45) is 0 Å². The van der Waals surface area contributed by atoms with E-state index < -0.39 is 0 Å². The molecule has 2 heterocycles. The Balaban J connectivity index is 1.72. The number of nitrogens with zero attached hydrogens (tertiary/aromatic N) is 1. The minimum Gasteiger partial charge on any atom is -0.322 e. The van der Waals surface area contributed by atoms with Crippen LogP contribution in [0.2, 0.25) is 0 Å². The number of aromatic nitrogens is 1. The topological polar surface area (TPSA) is 71.1 Å². The van der Waals surface area contributed by atoms with Crippen molar-refractivity contribution in [3.8, 4) is 0 Å². The molecule has 0 unspecified atom stereocenters. The molecule has 5 nitrogen and oxygen atoms in total. The molecular formula is C17H13N3O2S. The van der Waals surface area contributed by atoms with Gasteiger partial charge in [0.25, 0.3) is 11.8 Å². The molecule has 1 aromatic carbocycles. The van der Waals surface area contributed by atoms with Gasteiger partial charge in [-0.25, -0.2) is 4.98 Å². The number of benzene rings is 1. The Labute approximate surface area is 137 Å². The lowest BCUT2D eigenvalue weighted by Gasteiger charge is -2.07. The van der Waals surface area contributed by atoms with Gasteiger partial charge in [0, 0.05) is 22.8 Å². The fourth-order valence-corrected chi connectivity index (χ4v) is 2.60. The zero-order valence-corrected chi connectivity index (χ0v) is 12.8. The van der Waals surface area contributed by atoms with Gasteiger partial charge < -0.3 is 10.6 Å². The summed E-state index contributed by atoms with van der Waals surface area (Å²) in [4.78, 5) is 28.3. The quantitative estimate of drug-likeness (QED) is 0.770. The molecular weight excluding hydrogens is 310 g/mol. The van der Waals surface area contributed by atoms with Gasteiger partial charge in [0.1, 0.15) is 5.82 Å². The molecule has 0 aliphatic rings. The minimum atomic E-state index is -0.282. The molecule has 0 bridgehead atoms. The highest BCUT2D eigenvalue weighted by molar-refractivity contribution is 7.08. The monoisotopic (exact) mass is 323 g/mol. The van der Waals surface area contributed by atoms with Gasteiger partial charge >= 0.3 is 0 Å². The molecule has 0 aliphatic heterocycles. The van der Waals surface area contributed by atoms with Crippen molar-refractivity contribution in [1.82, 2.24) is 4.98 Å². The number of anilines is 2. The predicted octanol–water partition coefficient (Wildman–Crippen LogP) is 3.65. The van der Waals surface area contributed by atoms with E-state index in [0.29, 0.717) is 22.6 Å². The molecule has 2 amide bonds. The van der Waals surface area contributed by atoms with E-state index in [1.807, 2.05) is 5.38 Å². The number of hydrogen-bond donors (Lipinski definition) is 2. The van der Waals surface area contributed by atoms with Crippen molar-refractivity contribution < 1.29 is 9.59 Å². The number of carbonyl (C=O) groups is 2. The lowest BCUT2D eigenvalue weighted by Crippen LogP contribution is -2.14. The van der Waals surface area contributed by atoms with Crippen molar-refractivity contribution in [1.29, 1.82) is 0 Å². The molecule has 0 radical (unpaired) electrons. The summed E-state index contributed by atoms with van der Waals surface area (Å²) in [7, 11) is 0. The van der Waals surface area contributed by atoms with Crippen molar-refractivity contribution >= 4 is 34.7 Å². The van der Waals surface area contributed by atoms with E-state index in [2.05, 4.69) is 15.6 Å². The van der Waals surface area contributed by atoms with Gasteiger partial charge in [0.15, 0.2) is 0 Å². The number of rotatable bonds is 4. The summed E-state index contributed by atoms with van der Waals surface area (Å²) in [6.07, 6.45) is 1.60. The smallest absolute Gasteiger partial charge is 0.256 e. The van der Waals surface area contributed by atoms with Crippen LogP contribution in [0.3, 0.4) is 0 Å². The van der Waals surface area contributed by atoms with E-state index >= 15 is 0 Å². The first-order chi connectivity index (χ1) is 11.2. The number of amides is 2. The van der Waals surface area contributed by atoms with Crippen LogP contribution in [0.4, 0.5) is 11.5 Å². The highest BCUT2D eigenvalue weighted by Gasteiger charge is 2.10. The maximum absolute atomic E-state index is 12.2. The van der Waals surface area contributed by atoms with Crippen LogP contribution < -0.4 is 10.6 Å². The number of pyridine rings is 1. The molecule has 0 saturated heterocycles. The average Bonchev–Trinajstić information content (AvgIpc) is 3.11. The van der Waals surface area contributed by atoms with E-state index in [-0.39, 0.29) is 11.8 Å². The fourth-order valence-electron chi connectivity index (χ4n) is 1.96.